The molecule has 8 heteroatoms. The Labute approximate surface area is 147 Å². The number of piperazine rings is 1. The summed E-state index contributed by atoms with van der Waals surface area (Å²) in [5.74, 6) is 0.541. The zero-order valence-corrected chi connectivity index (χ0v) is 15.5. The molecule has 1 aromatic rings. The van der Waals surface area contributed by atoms with E-state index in [0.717, 1.165) is 32.6 Å². The minimum atomic E-state index is -0.120. The van der Waals surface area contributed by atoms with Crippen LogP contribution in [0.5, 0.6) is 0 Å². The van der Waals surface area contributed by atoms with E-state index in [0.29, 0.717) is 23.3 Å². The number of carbonyl (C=O) groups excluding carboxylic acids is 2. The fourth-order valence-electron chi connectivity index (χ4n) is 2.35. The smallest absolute Gasteiger partial charge is 0.323 e. The summed E-state index contributed by atoms with van der Waals surface area (Å²) in [5.41, 5.74) is 0.690. The van der Waals surface area contributed by atoms with Crippen LogP contribution in [-0.4, -0.2) is 66.5 Å². The van der Waals surface area contributed by atoms with Gasteiger partial charge in [0.15, 0.2) is 5.13 Å². The van der Waals surface area contributed by atoms with Gasteiger partial charge in [0.1, 0.15) is 0 Å². The van der Waals surface area contributed by atoms with Crippen molar-refractivity contribution < 1.29 is 9.59 Å². The van der Waals surface area contributed by atoms with E-state index in [-0.39, 0.29) is 18.4 Å². The van der Waals surface area contributed by atoms with Crippen molar-refractivity contribution >= 4 is 28.4 Å². The second-order valence-electron chi connectivity index (χ2n) is 6.57. The van der Waals surface area contributed by atoms with Crippen molar-refractivity contribution in [2.24, 2.45) is 5.92 Å². The Balaban J connectivity index is 1.76. The van der Waals surface area contributed by atoms with E-state index in [2.05, 4.69) is 41.4 Å². The fraction of sp³-hybridized carbons (Fsp3) is 0.688. The summed E-state index contributed by atoms with van der Waals surface area (Å²) in [6, 6.07) is -0.120. The number of thiazole rings is 1. The lowest BCUT2D eigenvalue weighted by atomic mass is 10.1. The zero-order chi connectivity index (χ0) is 17.5. The Kier molecular flexibility index (Phi) is 6.99. The summed E-state index contributed by atoms with van der Waals surface area (Å²) in [4.78, 5) is 32.4. The summed E-state index contributed by atoms with van der Waals surface area (Å²) >= 11 is 1.35. The lowest BCUT2D eigenvalue weighted by Gasteiger charge is -2.32. The number of carbonyl (C=O) groups is 2. The number of aromatic nitrogens is 1. The van der Waals surface area contributed by atoms with Crippen LogP contribution in [-0.2, 0) is 11.2 Å². The number of anilines is 1. The molecule has 1 aliphatic rings. The molecule has 2 heterocycles. The first-order chi connectivity index (χ1) is 11.4. The molecule has 0 saturated carbocycles. The van der Waals surface area contributed by atoms with Gasteiger partial charge in [-0.15, -0.1) is 11.3 Å². The van der Waals surface area contributed by atoms with E-state index in [1.807, 2.05) is 5.38 Å². The average molecular weight is 353 g/mol. The molecule has 3 amide bonds. The molecule has 1 aliphatic heterocycles. The molecule has 0 aliphatic carbocycles. The molecule has 0 atom stereocenters. The van der Waals surface area contributed by atoms with Crippen molar-refractivity contribution in [1.82, 2.24) is 20.1 Å². The molecular weight excluding hydrogens is 326 g/mol. The Bertz CT molecular complexity index is 552. The standard InChI is InChI=1S/C16H27N5O2S/c1-12(2)4-5-17-14(22)10-13-11-24-15(18-13)19-16(23)21-8-6-20(3)7-9-21/h11-12H,4-10H2,1-3H3,(H,17,22)(H,18,19,23). The SMILES string of the molecule is CC(C)CCNC(=O)Cc1csc(NC(=O)N2CCN(C)CC2)n1. The van der Waals surface area contributed by atoms with Gasteiger partial charge in [-0.05, 0) is 19.4 Å². The van der Waals surface area contributed by atoms with Crippen molar-refractivity contribution in [1.29, 1.82) is 0 Å². The van der Waals surface area contributed by atoms with Crippen LogP contribution in [0.1, 0.15) is 26.0 Å². The van der Waals surface area contributed by atoms with Gasteiger partial charge in [0.2, 0.25) is 5.91 Å². The van der Waals surface area contributed by atoms with Gasteiger partial charge in [0.05, 0.1) is 12.1 Å². The van der Waals surface area contributed by atoms with Crippen LogP contribution in [0, 0.1) is 5.92 Å². The normalized spacial score (nSPS) is 15.6. The summed E-state index contributed by atoms with van der Waals surface area (Å²) in [7, 11) is 2.05. The van der Waals surface area contributed by atoms with Crippen LogP contribution in [0.4, 0.5) is 9.93 Å². The van der Waals surface area contributed by atoms with E-state index in [1.165, 1.54) is 11.3 Å². The lowest BCUT2D eigenvalue weighted by molar-refractivity contribution is -0.120. The van der Waals surface area contributed by atoms with E-state index >= 15 is 0 Å². The average Bonchev–Trinajstić information content (AvgIpc) is 2.94. The molecule has 0 bridgehead atoms. The molecule has 134 valence electrons. The quantitative estimate of drug-likeness (QED) is 0.815. The lowest BCUT2D eigenvalue weighted by Crippen LogP contribution is -2.48. The highest BCUT2D eigenvalue weighted by molar-refractivity contribution is 7.13. The highest BCUT2D eigenvalue weighted by atomic mass is 32.1. The van der Waals surface area contributed by atoms with Crippen molar-refractivity contribution in [3.63, 3.8) is 0 Å². The maximum absolute atomic E-state index is 12.2. The highest BCUT2D eigenvalue weighted by Gasteiger charge is 2.20. The van der Waals surface area contributed by atoms with Crippen LogP contribution in [0.15, 0.2) is 5.38 Å². The predicted octanol–water partition coefficient (Wildman–Crippen LogP) is 1.63. The molecule has 0 radical (unpaired) electrons. The third-order valence-electron chi connectivity index (χ3n) is 3.94. The second kappa shape index (κ2) is 8.98. The molecule has 1 fully saturated rings. The summed E-state index contributed by atoms with van der Waals surface area (Å²) in [5, 5.41) is 8.08. The molecule has 2 rings (SSSR count). The van der Waals surface area contributed by atoms with E-state index in [4.69, 9.17) is 0 Å². The number of hydrogen-bond donors (Lipinski definition) is 2. The third-order valence-corrected chi connectivity index (χ3v) is 4.75. The number of nitrogens with one attached hydrogen (secondary N) is 2. The number of amides is 3. The molecular formula is C16H27N5O2S. The summed E-state index contributed by atoms with van der Waals surface area (Å²) in [6.07, 6.45) is 1.22. The maximum Gasteiger partial charge on any atom is 0.323 e. The number of rotatable bonds is 6. The molecule has 0 unspecified atom stereocenters. The first kappa shape index (κ1) is 18.7. The molecule has 7 nitrogen and oxygen atoms in total. The van der Waals surface area contributed by atoms with Crippen LogP contribution >= 0.6 is 11.3 Å². The van der Waals surface area contributed by atoms with Crippen molar-refractivity contribution in [3.05, 3.63) is 11.1 Å². The predicted molar refractivity (Wildman–Crippen MR) is 96.4 cm³/mol. The number of likely N-dealkylation sites (N-methyl/N-ethyl adjacent to an activating group) is 1. The third kappa shape index (κ3) is 6.09. The number of urea groups is 1. The Morgan fingerprint density at radius 1 is 1.29 bits per heavy atom. The molecule has 0 aromatic carbocycles. The van der Waals surface area contributed by atoms with E-state index in [1.54, 1.807) is 4.90 Å². The fourth-order valence-corrected chi connectivity index (χ4v) is 3.05. The van der Waals surface area contributed by atoms with Gasteiger partial charge in [0.25, 0.3) is 0 Å². The summed E-state index contributed by atoms with van der Waals surface area (Å²) in [6.45, 7) is 8.15. The van der Waals surface area contributed by atoms with Crippen LogP contribution < -0.4 is 10.6 Å². The highest BCUT2D eigenvalue weighted by Crippen LogP contribution is 2.16. The number of hydrogen-bond acceptors (Lipinski definition) is 5. The van der Waals surface area contributed by atoms with Crippen molar-refractivity contribution in [2.75, 3.05) is 45.1 Å². The Morgan fingerprint density at radius 3 is 2.67 bits per heavy atom. The minimum absolute atomic E-state index is 0.0297. The van der Waals surface area contributed by atoms with Crippen LogP contribution in [0.3, 0.4) is 0 Å². The maximum atomic E-state index is 12.2. The van der Waals surface area contributed by atoms with Gasteiger partial charge in [-0.3, -0.25) is 10.1 Å². The van der Waals surface area contributed by atoms with Gasteiger partial charge < -0.3 is 15.1 Å². The minimum Gasteiger partial charge on any atom is -0.356 e. The second-order valence-corrected chi connectivity index (χ2v) is 7.43. The molecule has 1 aromatic heterocycles. The Morgan fingerprint density at radius 2 is 2.00 bits per heavy atom. The molecule has 0 spiro atoms. The monoisotopic (exact) mass is 353 g/mol. The van der Waals surface area contributed by atoms with Gasteiger partial charge in [-0.25, -0.2) is 9.78 Å². The van der Waals surface area contributed by atoms with E-state index < -0.39 is 0 Å². The van der Waals surface area contributed by atoms with Gasteiger partial charge >= 0.3 is 6.03 Å². The van der Waals surface area contributed by atoms with E-state index in [9.17, 15) is 9.59 Å². The first-order valence-electron chi connectivity index (χ1n) is 8.39. The van der Waals surface area contributed by atoms with Crippen molar-refractivity contribution in [3.8, 4) is 0 Å². The topological polar surface area (TPSA) is 77.6 Å². The first-order valence-corrected chi connectivity index (χ1v) is 9.27. The largest absolute Gasteiger partial charge is 0.356 e. The Hall–Kier alpha value is -1.67. The summed E-state index contributed by atoms with van der Waals surface area (Å²) < 4.78 is 0. The number of nitrogens with zero attached hydrogens (tertiary/aromatic N) is 3. The molecule has 1 saturated heterocycles. The van der Waals surface area contributed by atoms with Gasteiger partial charge in [0, 0.05) is 38.1 Å². The molecule has 2 N–H and O–H groups in total. The van der Waals surface area contributed by atoms with Gasteiger partial charge in [-0.2, -0.15) is 0 Å². The zero-order valence-electron chi connectivity index (χ0n) is 14.7. The van der Waals surface area contributed by atoms with Gasteiger partial charge in [-0.1, -0.05) is 13.8 Å². The molecule has 24 heavy (non-hydrogen) atoms. The van der Waals surface area contributed by atoms with Crippen molar-refractivity contribution in [2.45, 2.75) is 26.7 Å². The van der Waals surface area contributed by atoms with Crippen LogP contribution in [0.25, 0.3) is 0 Å². The van der Waals surface area contributed by atoms with Crippen LogP contribution in [0.2, 0.25) is 0 Å².